The van der Waals surface area contributed by atoms with Gasteiger partial charge in [0, 0.05) is 25.6 Å². The van der Waals surface area contributed by atoms with Crippen molar-refractivity contribution in [2.24, 2.45) is 5.73 Å². The van der Waals surface area contributed by atoms with Gasteiger partial charge in [0.2, 0.25) is 11.8 Å². The molecule has 26 heavy (non-hydrogen) atoms. The van der Waals surface area contributed by atoms with Crippen LogP contribution < -0.4 is 11.1 Å². The van der Waals surface area contributed by atoms with Crippen LogP contribution in [0.2, 0.25) is 0 Å². The van der Waals surface area contributed by atoms with E-state index in [2.05, 4.69) is 10.3 Å². The van der Waals surface area contributed by atoms with Gasteiger partial charge in [0.1, 0.15) is 0 Å². The van der Waals surface area contributed by atoms with Gasteiger partial charge in [0.05, 0.1) is 12.6 Å². The zero-order valence-electron chi connectivity index (χ0n) is 14.3. The van der Waals surface area contributed by atoms with E-state index in [4.69, 9.17) is 5.73 Å². The molecule has 0 aromatic carbocycles. The van der Waals surface area contributed by atoms with Crippen LogP contribution in [-0.4, -0.2) is 54.4 Å². The van der Waals surface area contributed by atoms with E-state index in [1.54, 1.807) is 12.1 Å². The van der Waals surface area contributed by atoms with Crippen LogP contribution >= 0.6 is 0 Å². The van der Waals surface area contributed by atoms with Crippen LogP contribution in [0.15, 0.2) is 29.4 Å². The fourth-order valence-corrected chi connectivity index (χ4v) is 4.05. The number of aromatic nitrogens is 1. The lowest BCUT2D eigenvalue weighted by Crippen LogP contribution is -2.44. The van der Waals surface area contributed by atoms with Crippen LogP contribution in [0.4, 0.5) is 0 Å². The summed E-state index contributed by atoms with van der Waals surface area (Å²) in [4.78, 5) is 38.8. The predicted molar refractivity (Wildman–Crippen MR) is 92.2 cm³/mol. The Morgan fingerprint density at radius 2 is 2.08 bits per heavy atom. The first-order chi connectivity index (χ1) is 12.3. The lowest BCUT2D eigenvalue weighted by Gasteiger charge is -2.19. The molecule has 1 atom stereocenters. The first-order valence-corrected chi connectivity index (χ1v) is 9.76. The predicted octanol–water partition coefficient (Wildman–Crippen LogP) is -0.424. The third kappa shape index (κ3) is 5.33. The molecular formula is C16H22N4O5S. The summed E-state index contributed by atoms with van der Waals surface area (Å²) in [7, 11) is -3.86. The van der Waals surface area contributed by atoms with Gasteiger partial charge < -0.3 is 11.1 Å². The fraction of sp³-hybridized carbons (Fsp3) is 0.500. The number of nitrogens with one attached hydrogen (secondary N) is 1. The first-order valence-electron chi connectivity index (χ1n) is 8.32. The monoisotopic (exact) mass is 382 g/mol. The van der Waals surface area contributed by atoms with Crippen molar-refractivity contribution < 1.29 is 22.8 Å². The molecule has 2 amide bonds. The average molecular weight is 382 g/mol. The minimum Gasteiger partial charge on any atom is -0.370 e. The average Bonchev–Trinajstić information content (AvgIpc) is 2.78. The number of pyridine rings is 1. The van der Waals surface area contributed by atoms with E-state index >= 15 is 0 Å². The third-order valence-electron chi connectivity index (χ3n) is 4.03. The zero-order valence-corrected chi connectivity index (χ0v) is 15.1. The Labute approximate surface area is 152 Å². The van der Waals surface area contributed by atoms with E-state index in [1.165, 1.54) is 12.3 Å². The Morgan fingerprint density at radius 1 is 1.31 bits per heavy atom. The van der Waals surface area contributed by atoms with Crippen molar-refractivity contribution in [1.29, 1.82) is 0 Å². The minimum atomic E-state index is -3.86. The van der Waals surface area contributed by atoms with E-state index in [1.807, 2.05) is 0 Å². The number of ketones is 1. The van der Waals surface area contributed by atoms with Crippen molar-refractivity contribution in [2.75, 3.05) is 13.1 Å². The maximum Gasteiger partial charge on any atom is 0.260 e. The van der Waals surface area contributed by atoms with Gasteiger partial charge in [-0.2, -0.15) is 4.31 Å². The fourth-order valence-electron chi connectivity index (χ4n) is 2.68. The molecule has 2 heterocycles. The lowest BCUT2D eigenvalue weighted by molar-refractivity contribution is -0.127. The number of sulfonamides is 1. The van der Waals surface area contributed by atoms with E-state index in [9.17, 15) is 22.8 Å². The Kier molecular flexibility index (Phi) is 6.81. The number of amides is 2. The van der Waals surface area contributed by atoms with Crippen LogP contribution in [0.25, 0.3) is 0 Å². The Morgan fingerprint density at radius 3 is 2.73 bits per heavy atom. The molecule has 2 rings (SSSR count). The second kappa shape index (κ2) is 8.86. The highest BCUT2D eigenvalue weighted by atomic mass is 32.2. The molecule has 1 saturated heterocycles. The molecule has 1 aromatic rings. The molecule has 0 bridgehead atoms. The number of nitrogens with zero attached hydrogens (tertiary/aromatic N) is 2. The number of hydrogen-bond donors (Lipinski definition) is 2. The van der Waals surface area contributed by atoms with Crippen LogP contribution in [-0.2, 0) is 24.4 Å². The smallest absolute Gasteiger partial charge is 0.260 e. The molecule has 0 spiro atoms. The highest BCUT2D eigenvalue weighted by molar-refractivity contribution is 7.89. The van der Waals surface area contributed by atoms with Crippen molar-refractivity contribution in [1.82, 2.24) is 14.6 Å². The van der Waals surface area contributed by atoms with Gasteiger partial charge in [0.25, 0.3) is 10.0 Å². The van der Waals surface area contributed by atoms with E-state index in [-0.39, 0.29) is 42.6 Å². The van der Waals surface area contributed by atoms with E-state index in [0.29, 0.717) is 19.3 Å². The van der Waals surface area contributed by atoms with Gasteiger partial charge in [0.15, 0.2) is 10.8 Å². The summed E-state index contributed by atoms with van der Waals surface area (Å²) in [5, 5.41) is 2.51. The molecule has 1 fully saturated rings. The molecule has 142 valence electrons. The molecule has 1 aliphatic rings. The van der Waals surface area contributed by atoms with E-state index < -0.39 is 22.0 Å². The van der Waals surface area contributed by atoms with Crippen molar-refractivity contribution in [3.8, 4) is 0 Å². The first kappa shape index (κ1) is 20.0. The largest absolute Gasteiger partial charge is 0.370 e. The third-order valence-corrected chi connectivity index (χ3v) is 5.79. The summed E-state index contributed by atoms with van der Waals surface area (Å²) >= 11 is 0. The Balaban J connectivity index is 1.97. The maximum atomic E-state index is 12.6. The van der Waals surface area contributed by atoms with Gasteiger partial charge >= 0.3 is 0 Å². The summed E-state index contributed by atoms with van der Waals surface area (Å²) in [6.07, 6.45) is 2.66. The quantitative estimate of drug-likeness (QED) is 0.656. The maximum absolute atomic E-state index is 12.6. The number of carbonyl (C=O) groups excluding carboxylic acids is 3. The molecular weight excluding hydrogens is 360 g/mol. The zero-order chi connectivity index (χ0) is 19.2. The molecule has 10 heteroatoms. The molecule has 3 N–H and O–H groups in total. The van der Waals surface area contributed by atoms with Crippen molar-refractivity contribution in [2.45, 2.75) is 43.2 Å². The van der Waals surface area contributed by atoms with Crippen LogP contribution in [0.5, 0.6) is 0 Å². The summed E-state index contributed by atoms with van der Waals surface area (Å²) < 4.78 is 26.3. The van der Waals surface area contributed by atoms with Gasteiger partial charge in [-0.15, -0.1) is 0 Å². The van der Waals surface area contributed by atoms with Crippen molar-refractivity contribution in [3.63, 3.8) is 0 Å². The number of Topliss-reactive ketones (excluding diaryl/α,β-unsaturated/α-hetero) is 1. The highest BCUT2D eigenvalue weighted by Crippen LogP contribution is 2.17. The second-order valence-corrected chi connectivity index (χ2v) is 7.94. The normalized spacial score (nSPS) is 18.9. The Hall–Kier alpha value is -2.33. The van der Waals surface area contributed by atoms with Crippen LogP contribution in [0.3, 0.4) is 0 Å². The van der Waals surface area contributed by atoms with Crippen molar-refractivity contribution >= 4 is 27.6 Å². The van der Waals surface area contributed by atoms with Crippen molar-refractivity contribution in [3.05, 3.63) is 24.4 Å². The highest BCUT2D eigenvalue weighted by Gasteiger charge is 2.33. The molecule has 0 unspecified atom stereocenters. The molecule has 0 aliphatic carbocycles. The number of carbonyl (C=O) groups is 3. The lowest BCUT2D eigenvalue weighted by atomic mass is 10.1. The number of nitrogens with two attached hydrogens (primary N) is 1. The van der Waals surface area contributed by atoms with Crippen LogP contribution in [0.1, 0.15) is 32.1 Å². The standard InChI is InChI=1S/C16H22N4O5S/c17-14(22)6-3-7-15(23)19-12-5-4-10-20(11-13(12)21)26(24,25)16-8-1-2-9-18-16/h1-2,8-9,12H,3-7,10-11H2,(H2,17,22)(H,19,23)/t12-/m0/s1. The molecule has 1 aromatic heterocycles. The van der Waals surface area contributed by atoms with Gasteiger partial charge in [-0.1, -0.05) is 6.07 Å². The topological polar surface area (TPSA) is 140 Å². The summed E-state index contributed by atoms with van der Waals surface area (Å²) in [6.45, 7) is -0.135. The summed E-state index contributed by atoms with van der Waals surface area (Å²) in [6, 6.07) is 3.81. The summed E-state index contributed by atoms with van der Waals surface area (Å²) in [5.41, 5.74) is 5.02. The van der Waals surface area contributed by atoms with Gasteiger partial charge in [-0.3, -0.25) is 14.4 Å². The van der Waals surface area contributed by atoms with Gasteiger partial charge in [-0.05, 0) is 31.4 Å². The number of rotatable bonds is 7. The molecule has 1 aliphatic heterocycles. The SMILES string of the molecule is NC(=O)CCCC(=O)N[C@H]1CCCN(S(=O)(=O)c2ccccn2)CC1=O. The van der Waals surface area contributed by atoms with Gasteiger partial charge in [-0.25, -0.2) is 13.4 Å². The molecule has 0 saturated carbocycles. The van der Waals surface area contributed by atoms with E-state index in [0.717, 1.165) is 4.31 Å². The Bertz CT molecular complexity index is 766. The number of hydrogen-bond acceptors (Lipinski definition) is 6. The summed E-state index contributed by atoms with van der Waals surface area (Å²) in [5.74, 6) is -1.21. The molecule has 9 nitrogen and oxygen atoms in total. The second-order valence-electron chi connectivity index (χ2n) is 6.06. The number of primary amides is 1. The molecule has 0 radical (unpaired) electrons. The van der Waals surface area contributed by atoms with Crippen LogP contribution in [0, 0.1) is 0 Å². The minimum absolute atomic E-state index is 0.0860.